The zero-order valence-electron chi connectivity index (χ0n) is 17.2. The van der Waals surface area contributed by atoms with Crippen LogP contribution < -0.4 is 5.32 Å². The first-order valence-electron chi connectivity index (χ1n) is 10.6. The van der Waals surface area contributed by atoms with Crippen molar-refractivity contribution in [2.75, 3.05) is 0 Å². The summed E-state index contributed by atoms with van der Waals surface area (Å²) in [5.41, 5.74) is -0.244. The molecule has 0 spiro atoms. The fraction of sp³-hybridized carbons (Fsp3) is 0.455. The molecule has 0 atom stereocenters. The van der Waals surface area contributed by atoms with Crippen LogP contribution in [-0.4, -0.2) is 39.1 Å². The first kappa shape index (κ1) is 20.9. The summed E-state index contributed by atoms with van der Waals surface area (Å²) < 4.78 is 46.7. The monoisotopic (exact) mass is 478 g/mol. The third-order valence-electron chi connectivity index (χ3n) is 6.96. The summed E-state index contributed by atoms with van der Waals surface area (Å²) in [6.07, 6.45) is -1.40. The molecular formula is C22H18ClF3N4O3. The number of nitrogens with zero attached hydrogens (tertiary/aromatic N) is 3. The van der Waals surface area contributed by atoms with E-state index in [4.69, 9.17) is 16.0 Å². The van der Waals surface area contributed by atoms with Crippen molar-refractivity contribution in [2.24, 2.45) is 0 Å². The molecule has 2 aromatic heterocycles. The number of rotatable bonds is 5. The minimum absolute atomic E-state index is 0.207. The van der Waals surface area contributed by atoms with E-state index in [0.717, 1.165) is 10.8 Å². The Morgan fingerprint density at radius 2 is 1.91 bits per heavy atom. The second-order valence-corrected chi connectivity index (χ2v) is 9.84. The van der Waals surface area contributed by atoms with Crippen LogP contribution in [0.5, 0.6) is 0 Å². The Hall–Kier alpha value is -2.72. The maximum absolute atomic E-state index is 12.8. The SMILES string of the molecule is O=C(NC12CC(c3nnc(C4CC(OC(F)(F)F)C4)o3)(C1)C2)c1cc2ccc(Cl)cc2cn1. The normalized spacial score (nSPS) is 30.3. The molecule has 4 aliphatic rings. The molecule has 7 rings (SSSR count). The lowest BCUT2D eigenvalue weighted by molar-refractivity contribution is -0.352. The van der Waals surface area contributed by atoms with Gasteiger partial charge >= 0.3 is 6.36 Å². The van der Waals surface area contributed by atoms with Gasteiger partial charge in [0, 0.05) is 28.1 Å². The molecule has 172 valence electrons. The van der Waals surface area contributed by atoms with Crippen LogP contribution in [0, 0.1) is 0 Å². The van der Waals surface area contributed by atoms with Crippen molar-refractivity contribution < 1.29 is 27.1 Å². The number of hydrogen-bond donors (Lipinski definition) is 1. The quantitative estimate of drug-likeness (QED) is 0.573. The zero-order valence-corrected chi connectivity index (χ0v) is 17.9. The summed E-state index contributed by atoms with van der Waals surface area (Å²) in [7, 11) is 0. The fourth-order valence-electron chi connectivity index (χ4n) is 5.36. The molecule has 2 bridgehead atoms. The number of carbonyl (C=O) groups excluding carboxylic acids is 1. The number of ether oxygens (including phenoxy) is 1. The van der Waals surface area contributed by atoms with Gasteiger partial charge in [-0.25, -0.2) is 0 Å². The Labute approximate surface area is 190 Å². The van der Waals surface area contributed by atoms with E-state index >= 15 is 0 Å². The van der Waals surface area contributed by atoms with Crippen LogP contribution in [0.3, 0.4) is 0 Å². The molecular weight excluding hydrogens is 461 g/mol. The minimum Gasteiger partial charge on any atom is -0.424 e. The molecule has 3 aromatic rings. The maximum atomic E-state index is 12.8. The van der Waals surface area contributed by atoms with Gasteiger partial charge in [-0.2, -0.15) is 0 Å². The Morgan fingerprint density at radius 1 is 1.15 bits per heavy atom. The maximum Gasteiger partial charge on any atom is 0.522 e. The highest BCUT2D eigenvalue weighted by Gasteiger charge is 2.72. The summed E-state index contributed by atoms with van der Waals surface area (Å²) in [6, 6.07) is 7.14. The second-order valence-electron chi connectivity index (χ2n) is 9.41. The summed E-state index contributed by atoms with van der Waals surface area (Å²) >= 11 is 5.99. The Kier molecular flexibility index (Phi) is 4.36. The summed E-state index contributed by atoms with van der Waals surface area (Å²) in [6.45, 7) is 0. The molecule has 0 radical (unpaired) electrons. The highest BCUT2D eigenvalue weighted by atomic mass is 35.5. The van der Waals surface area contributed by atoms with E-state index < -0.39 is 12.5 Å². The van der Waals surface area contributed by atoms with Gasteiger partial charge in [-0.15, -0.1) is 23.4 Å². The Bertz CT molecular complexity index is 1250. The number of nitrogens with one attached hydrogen (secondary N) is 1. The van der Waals surface area contributed by atoms with Gasteiger partial charge < -0.3 is 9.73 Å². The topological polar surface area (TPSA) is 90.1 Å². The van der Waals surface area contributed by atoms with Gasteiger partial charge in [0.05, 0.1) is 11.5 Å². The molecule has 0 saturated heterocycles. The van der Waals surface area contributed by atoms with E-state index in [1.54, 1.807) is 24.4 Å². The molecule has 0 unspecified atom stereocenters. The number of alkyl halides is 3. The van der Waals surface area contributed by atoms with E-state index in [9.17, 15) is 18.0 Å². The van der Waals surface area contributed by atoms with E-state index in [1.165, 1.54) is 0 Å². The molecule has 4 fully saturated rings. The Morgan fingerprint density at radius 3 is 2.64 bits per heavy atom. The molecule has 2 heterocycles. The fourth-order valence-corrected chi connectivity index (χ4v) is 5.54. The lowest BCUT2D eigenvalue weighted by Crippen LogP contribution is -2.76. The standard InChI is InChI=1S/C22H18ClF3N4O3/c23-14-2-1-11-6-16(27-7-13(11)3-14)17(31)28-21-8-20(9-21,10-21)19-30-29-18(32-19)12-4-15(5-12)33-22(24,25)26/h1-3,6-7,12,15H,4-5,8-10H2,(H,28,31). The van der Waals surface area contributed by atoms with Crippen LogP contribution in [0.4, 0.5) is 13.2 Å². The number of benzene rings is 1. The highest BCUT2D eigenvalue weighted by Crippen LogP contribution is 2.67. The van der Waals surface area contributed by atoms with E-state index in [1.807, 2.05) is 6.07 Å². The van der Waals surface area contributed by atoms with Gasteiger partial charge in [-0.1, -0.05) is 17.7 Å². The minimum atomic E-state index is -4.63. The van der Waals surface area contributed by atoms with Crippen LogP contribution in [0.2, 0.25) is 5.02 Å². The molecule has 11 heteroatoms. The number of aromatic nitrogens is 3. The van der Waals surface area contributed by atoms with Crippen molar-refractivity contribution >= 4 is 28.3 Å². The number of hydrogen-bond acceptors (Lipinski definition) is 6. The van der Waals surface area contributed by atoms with Crippen LogP contribution in [-0.2, 0) is 10.2 Å². The largest absolute Gasteiger partial charge is 0.522 e. The number of carbonyl (C=O) groups is 1. The molecule has 4 aliphatic carbocycles. The van der Waals surface area contributed by atoms with Crippen molar-refractivity contribution in [1.29, 1.82) is 0 Å². The lowest BCUT2D eigenvalue weighted by atomic mass is 9.39. The first-order valence-corrected chi connectivity index (χ1v) is 11.0. The average molecular weight is 479 g/mol. The average Bonchev–Trinajstić information content (AvgIpc) is 3.13. The molecule has 1 amide bonds. The molecule has 1 aromatic carbocycles. The number of halogens is 4. The second kappa shape index (κ2) is 6.89. The van der Waals surface area contributed by atoms with Crippen LogP contribution >= 0.6 is 11.6 Å². The van der Waals surface area contributed by atoms with Gasteiger partial charge in [0.2, 0.25) is 11.8 Å². The molecule has 7 nitrogen and oxygen atoms in total. The summed E-state index contributed by atoms with van der Waals surface area (Å²) in [5, 5.41) is 13.6. The van der Waals surface area contributed by atoms with Gasteiger partial charge in [0.25, 0.3) is 5.91 Å². The highest BCUT2D eigenvalue weighted by molar-refractivity contribution is 6.31. The number of amides is 1. The van der Waals surface area contributed by atoms with Crippen LogP contribution in [0.25, 0.3) is 10.8 Å². The van der Waals surface area contributed by atoms with E-state index in [0.29, 0.717) is 41.8 Å². The van der Waals surface area contributed by atoms with Gasteiger partial charge in [-0.05, 0) is 55.7 Å². The lowest BCUT2D eigenvalue weighted by Gasteiger charge is -2.68. The smallest absolute Gasteiger partial charge is 0.424 e. The third kappa shape index (κ3) is 3.56. The molecule has 1 N–H and O–H groups in total. The zero-order chi connectivity index (χ0) is 23.0. The molecule has 0 aliphatic heterocycles. The predicted octanol–water partition coefficient (Wildman–Crippen LogP) is 4.66. The van der Waals surface area contributed by atoms with Crippen LogP contribution in [0.15, 0.2) is 34.9 Å². The van der Waals surface area contributed by atoms with Crippen molar-refractivity contribution in [2.45, 2.75) is 61.4 Å². The number of pyridine rings is 1. The van der Waals surface area contributed by atoms with Gasteiger partial charge in [0.15, 0.2) is 0 Å². The third-order valence-corrected chi connectivity index (χ3v) is 7.20. The number of fused-ring (bicyclic) bond motifs is 1. The Balaban J connectivity index is 1.06. The molecule has 4 saturated carbocycles. The summed E-state index contributed by atoms with van der Waals surface area (Å²) in [4.78, 5) is 17.0. The van der Waals surface area contributed by atoms with Crippen molar-refractivity contribution in [3.05, 3.63) is 53.0 Å². The summed E-state index contributed by atoms with van der Waals surface area (Å²) in [5.74, 6) is 0.398. The van der Waals surface area contributed by atoms with Crippen molar-refractivity contribution in [3.63, 3.8) is 0 Å². The van der Waals surface area contributed by atoms with Crippen molar-refractivity contribution in [3.8, 4) is 0 Å². The van der Waals surface area contributed by atoms with Crippen LogP contribution in [0.1, 0.15) is 60.3 Å². The molecule has 33 heavy (non-hydrogen) atoms. The van der Waals surface area contributed by atoms with E-state index in [-0.39, 0.29) is 35.6 Å². The van der Waals surface area contributed by atoms with E-state index in [2.05, 4.69) is 25.2 Å². The van der Waals surface area contributed by atoms with Gasteiger partial charge in [-0.3, -0.25) is 14.5 Å². The predicted molar refractivity (Wildman–Crippen MR) is 110 cm³/mol. The van der Waals surface area contributed by atoms with Crippen molar-refractivity contribution in [1.82, 2.24) is 20.5 Å². The first-order chi connectivity index (χ1) is 15.6. The van der Waals surface area contributed by atoms with Gasteiger partial charge in [0.1, 0.15) is 5.69 Å².